The molecule has 22 heavy (non-hydrogen) atoms. The molecule has 2 N–H and O–H groups in total. The zero-order chi connectivity index (χ0) is 15.4. The van der Waals surface area contributed by atoms with Gasteiger partial charge in [0.05, 0.1) is 23.7 Å². The van der Waals surface area contributed by atoms with Crippen molar-refractivity contribution in [3.8, 4) is 5.69 Å². The SMILES string of the molecule is O=C(NCC1(O)CCCCC1)c1cccc(-n2ccnn2)c1. The second kappa shape index (κ2) is 6.27. The number of nitrogens with zero attached hydrogens (tertiary/aromatic N) is 3. The average molecular weight is 300 g/mol. The number of hydrogen-bond acceptors (Lipinski definition) is 4. The lowest BCUT2D eigenvalue weighted by molar-refractivity contribution is 0.00526. The van der Waals surface area contributed by atoms with Crippen molar-refractivity contribution in [3.05, 3.63) is 42.2 Å². The summed E-state index contributed by atoms with van der Waals surface area (Å²) in [5.74, 6) is -0.180. The van der Waals surface area contributed by atoms with Crippen molar-refractivity contribution in [2.24, 2.45) is 0 Å². The van der Waals surface area contributed by atoms with Crippen molar-refractivity contribution in [2.75, 3.05) is 6.54 Å². The van der Waals surface area contributed by atoms with Gasteiger partial charge >= 0.3 is 0 Å². The number of amides is 1. The van der Waals surface area contributed by atoms with Gasteiger partial charge in [0.15, 0.2) is 0 Å². The van der Waals surface area contributed by atoms with Crippen LogP contribution in [0.15, 0.2) is 36.7 Å². The van der Waals surface area contributed by atoms with Gasteiger partial charge in [0, 0.05) is 12.1 Å². The number of benzene rings is 1. The van der Waals surface area contributed by atoms with E-state index < -0.39 is 5.60 Å². The van der Waals surface area contributed by atoms with Gasteiger partial charge in [-0.25, -0.2) is 4.68 Å². The van der Waals surface area contributed by atoms with Crippen LogP contribution in [0.4, 0.5) is 0 Å². The molecule has 1 aromatic carbocycles. The molecule has 0 unspecified atom stereocenters. The Kier molecular flexibility index (Phi) is 4.20. The molecule has 1 aromatic heterocycles. The van der Waals surface area contributed by atoms with Crippen molar-refractivity contribution in [3.63, 3.8) is 0 Å². The van der Waals surface area contributed by atoms with Crippen molar-refractivity contribution >= 4 is 5.91 Å². The molecule has 1 aliphatic carbocycles. The Hall–Kier alpha value is -2.21. The van der Waals surface area contributed by atoms with Crippen LogP contribution in [-0.4, -0.2) is 38.2 Å². The summed E-state index contributed by atoms with van der Waals surface area (Å²) in [5, 5.41) is 21.0. The van der Waals surface area contributed by atoms with Gasteiger partial charge in [-0.3, -0.25) is 4.79 Å². The van der Waals surface area contributed by atoms with Crippen LogP contribution in [0.1, 0.15) is 42.5 Å². The highest BCUT2D eigenvalue weighted by Crippen LogP contribution is 2.27. The summed E-state index contributed by atoms with van der Waals surface area (Å²) < 4.78 is 1.60. The van der Waals surface area contributed by atoms with E-state index in [1.165, 1.54) is 0 Å². The molecule has 1 fully saturated rings. The summed E-state index contributed by atoms with van der Waals surface area (Å²) in [6.07, 6.45) is 8.03. The maximum atomic E-state index is 12.3. The normalized spacial score (nSPS) is 17.1. The molecule has 0 radical (unpaired) electrons. The number of aromatic nitrogens is 3. The third-order valence-electron chi connectivity index (χ3n) is 4.16. The maximum Gasteiger partial charge on any atom is 0.251 e. The summed E-state index contributed by atoms with van der Waals surface area (Å²) in [4.78, 5) is 12.3. The minimum atomic E-state index is -0.753. The standard InChI is InChI=1S/C16H20N4O2/c21-15(17-12-16(22)7-2-1-3-8-16)13-5-4-6-14(11-13)20-10-9-18-19-20/h4-6,9-11,22H,1-3,7-8,12H2,(H,17,21). The molecule has 0 aliphatic heterocycles. The minimum absolute atomic E-state index is 0.180. The van der Waals surface area contributed by atoms with E-state index in [1.807, 2.05) is 6.07 Å². The van der Waals surface area contributed by atoms with Gasteiger partial charge in [0.25, 0.3) is 5.91 Å². The van der Waals surface area contributed by atoms with E-state index in [-0.39, 0.29) is 5.91 Å². The van der Waals surface area contributed by atoms with Crippen molar-refractivity contribution in [2.45, 2.75) is 37.7 Å². The first-order chi connectivity index (χ1) is 10.7. The molecule has 3 rings (SSSR count). The Bertz CT molecular complexity index is 633. The minimum Gasteiger partial charge on any atom is -0.388 e. The zero-order valence-electron chi connectivity index (χ0n) is 12.4. The predicted octanol–water partition coefficient (Wildman–Crippen LogP) is 1.69. The van der Waals surface area contributed by atoms with Crippen molar-refractivity contribution < 1.29 is 9.90 Å². The number of carbonyl (C=O) groups is 1. The molecule has 6 nitrogen and oxygen atoms in total. The van der Waals surface area contributed by atoms with Crippen LogP contribution in [0.25, 0.3) is 5.69 Å². The number of nitrogens with one attached hydrogen (secondary N) is 1. The highest BCUT2D eigenvalue weighted by molar-refractivity contribution is 5.94. The molecule has 1 aliphatic rings. The van der Waals surface area contributed by atoms with E-state index in [4.69, 9.17) is 0 Å². The molecule has 0 spiro atoms. The highest BCUT2D eigenvalue weighted by Gasteiger charge is 2.29. The quantitative estimate of drug-likeness (QED) is 0.900. The van der Waals surface area contributed by atoms with Crippen LogP contribution >= 0.6 is 0 Å². The fourth-order valence-corrected chi connectivity index (χ4v) is 2.87. The summed E-state index contributed by atoms with van der Waals surface area (Å²) in [7, 11) is 0. The first-order valence-corrected chi connectivity index (χ1v) is 7.64. The van der Waals surface area contributed by atoms with E-state index in [0.717, 1.165) is 37.8 Å². The second-order valence-electron chi connectivity index (χ2n) is 5.87. The van der Waals surface area contributed by atoms with E-state index in [9.17, 15) is 9.90 Å². The fraction of sp³-hybridized carbons (Fsp3) is 0.438. The van der Waals surface area contributed by atoms with Gasteiger partial charge in [-0.05, 0) is 31.0 Å². The van der Waals surface area contributed by atoms with Crippen molar-refractivity contribution in [1.29, 1.82) is 0 Å². The number of rotatable bonds is 4. The first-order valence-electron chi connectivity index (χ1n) is 7.64. The predicted molar refractivity (Wildman–Crippen MR) is 81.7 cm³/mol. The number of carbonyl (C=O) groups excluding carboxylic acids is 1. The van der Waals surface area contributed by atoms with Gasteiger partial charge in [-0.2, -0.15) is 0 Å². The highest BCUT2D eigenvalue weighted by atomic mass is 16.3. The van der Waals surface area contributed by atoms with Crippen LogP contribution in [0.3, 0.4) is 0 Å². The Morgan fingerprint density at radius 3 is 2.86 bits per heavy atom. The molecule has 1 amide bonds. The molecule has 0 atom stereocenters. The monoisotopic (exact) mass is 300 g/mol. The Morgan fingerprint density at radius 1 is 1.32 bits per heavy atom. The van der Waals surface area contributed by atoms with Gasteiger partial charge in [0.2, 0.25) is 0 Å². The van der Waals surface area contributed by atoms with Crippen LogP contribution < -0.4 is 5.32 Å². The van der Waals surface area contributed by atoms with E-state index in [0.29, 0.717) is 12.1 Å². The largest absolute Gasteiger partial charge is 0.388 e. The third kappa shape index (κ3) is 3.33. The molecule has 1 heterocycles. The topological polar surface area (TPSA) is 80.0 Å². The van der Waals surface area contributed by atoms with Gasteiger partial charge in [-0.1, -0.05) is 30.5 Å². The van der Waals surface area contributed by atoms with Crippen LogP contribution in [-0.2, 0) is 0 Å². The molecule has 116 valence electrons. The second-order valence-corrected chi connectivity index (χ2v) is 5.87. The summed E-state index contributed by atoms with van der Waals surface area (Å²) in [5.41, 5.74) is 0.575. The first kappa shape index (κ1) is 14.7. The molecular weight excluding hydrogens is 280 g/mol. The van der Waals surface area contributed by atoms with Gasteiger partial charge < -0.3 is 10.4 Å². The third-order valence-corrected chi connectivity index (χ3v) is 4.16. The number of aliphatic hydroxyl groups is 1. The van der Waals surface area contributed by atoms with E-state index in [2.05, 4.69) is 15.6 Å². The Labute approximate surface area is 129 Å². The van der Waals surface area contributed by atoms with Gasteiger partial charge in [0.1, 0.15) is 0 Å². The lowest BCUT2D eigenvalue weighted by atomic mass is 9.85. The summed E-state index contributed by atoms with van der Waals surface area (Å²) in [6.45, 7) is 0.305. The molecular formula is C16H20N4O2. The summed E-state index contributed by atoms with van der Waals surface area (Å²) in [6, 6.07) is 7.18. The van der Waals surface area contributed by atoms with Gasteiger partial charge in [-0.15, -0.1) is 5.10 Å². The maximum absolute atomic E-state index is 12.3. The van der Waals surface area contributed by atoms with Crippen molar-refractivity contribution in [1.82, 2.24) is 20.3 Å². The summed E-state index contributed by atoms with van der Waals surface area (Å²) >= 11 is 0. The zero-order valence-corrected chi connectivity index (χ0v) is 12.4. The molecule has 6 heteroatoms. The Morgan fingerprint density at radius 2 is 2.14 bits per heavy atom. The average Bonchev–Trinajstić information content (AvgIpc) is 3.08. The van der Waals surface area contributed by atoms with E-state index >= 15 is 0 Å². The molecule has 1 saturated carbocycles. The lowest BCUT2D eigenvalue weighted by Crippen LogP contribution is -2.44. The molecule has 0 bridgehead atoms. The fourth-order valence-electron chi connectivity index (χ4n) is 2.87. The van der Waals surface area contributed by atoms with Crippen LogP contribution in [0.5, 0.6) is 0 Å². The molecule has 0 saturated heterocycles. The molecule has 2 aromatic rings. The smallest absolute Gasteiger partial charge is 0.251 e. The Balaban J connectivity index is 1.66. The lowest BCUT2D eigenvalue weighted by Gasteiger charge is -2.32. The van der Waals surface area contributed by atoms with Crippen LogP contribution in [0.2, 0.25) is 0 Å². The van der Waals surface area contributed by atoms with Crippen LogP contribution in [0, 0.1) is 0 Å². The van der Waals surface area contributed by atoms with E-state index in [1.54, 1.807) is 35.3 Å². The number of hydrogen-bond donors (Lipinski definition) is 2.